The molecule has 0 amide bonds. The van der Waals surface area contributed by atoms with Crippen LogP contribution in [0.5, 0.6) is 0 Å². The topological polar surface area (TPSA) is 20.3 Å². The van der Waals surface area contributed by atoms with E-state index in [1.807, 2.05) is 7.05 Å². The van der Waals surface area contributed by atoms with Gasteiger partial charge in [-0.1, -0.05) is 24.3 Å². The van der Waals surface area contributed by atoms with Crippen LogP contribution < -0.4 is 0 Å². The van der Waals surface area contributed by atoms with Crippen molar-refractivity contribution >= 4 is 6.29 Å². The molecule has 0 aromatic heterocycles. The minimum absolute atomic E-state index is 0.0195. The van der Waals surface area contributed by atoms with Crippen LogP contribution in [-0.2, 0) is 0 Å². The molecule has 0 saturated carbocycles. The lowest BCUT2D eigenvalue weighted by Gasteiger charge is -2.17. The highest BCUT2D eigenvalue weighted by Crippen LogP contribution is 2.33. The van der Waals surface area contributed by atoms with Gasteiger partial charge in [0.15, 0.2) is 0 Å². The number of benzene rings is 1. The van der Waals surface area contributed by atoms with E-state index in [9.17, 15) is 9.18 Å². The third-order valence-electron chi connectivity index (χ3n) is 3.26. The molecule has 0 radical (unpaired) electrons. The summed E-state index contributed by atoms with van der Waals surface area (Å²) in [7, 11) is 2.00. The number of carbonyl (C=O) groups excluding carboxylic acids is 1. The molecule has 3 heteroatoms. The molecule has 0 N–H and O–H groups in total. The molecule has 1 saturated heterocycles. The number of alkyl halides is 1. The summed E-state index contributed by atoms with van der Waals surface area (Å²) in [6.07, 6.45) is 0.581. The number of nitrogens with zero attached hydrogens (tertiary/aromatic N) is 1. The number of aldehydes is 1. The Bertz CT molecular complexity index is 380. The van der Waals surface area contributed by atoms with Gasteiger partial charge >= 0.3 is 0 Å². The number of hydrogen-bond acceptors (Lipinski definition) is 2. The van der Waals surface area contributed by atoms with Crippen molar-refractivity contribution < 1.29 is 9.18 Å². The Morgan fingerprint density at radius 1 is 1.50 bits per heavy atom. The zero-order chi connectivity index (χ0) is 11.5. The molecule has 2 unspecified atom stereocenters. The maximum atomic E-state index is 14.3. The summed E-state index contributed by atoms with van der Waals surface area (Å²) in [5, 5.41) is 0. The van der Waals surface area contributed by atoms with Gasteiger partial charge in [0.05, 0.1) is 0 Å². The minimum atomic E-state index is -1.02. The summed E-state index contributed by atoms with van der Waals surface area (Å²) in [5.41, 5.74) is 1.02. The van der Waals surface area contributed by atoms with Crippen molar-refractivity contribution in [2.75, 3.05) is 20.1 Å². The molecule has 0 spiro atoms. The molecule has 16 heavy (non-hydrogen) atoms. The van der Waals surface area contributed by atoms with Gasteiger partial charge in [0.1, 0.15) is 12.5 Å². The highest BCUT2D eigenvalue weighted by atomic mass is 19.1. The predicted octanol–water partition coefficient (Wildman–Crippen LogP) is 2.46. The molecule has 2 rings (SSSR count). The van der Waals surface area contributed by atoms with E-state index in [-0.39, 0.29) is 5.92 Å². The van der Waals surface area contributed by atoms with Crippen LogP contribution in [0.25, 0.3) is 0 Å². The van der Waals surface area contributed by atoms with Crippen molar-refractivity contribution in [1.29, 1.82) is 0 Å². The van der Waals surface area contributed by atoms with Crippen LogP contribution >= 0.6 is 0 Å². The standard InChI is InChI=1S/C13H16FNO/c1-15-7-6-10(8-15)13(14)12-5-3-2-4-11(12)9-16/h2-5,9-10,13H,6-8H2,1H3. The summed E-state index contributed by atoms with van der Waals surface area (Å²) in [4.78, 5) is 13.0. The van der Waals surface area contributed by atoms with E-state index in [4.69, 9.17) is 0 Å². The molecular weight excluding hydrogens is 205 g/mol. The Balaban J connectivity index is 2.20. The van der Waals surface area contributed by atoms with Gasteiger partial charge in [0, 0.05) is 18.0 Å². The smallest absolute Gasteiger partial charge is 0.150 e. The van der Waals surface area contributed by atoms with Gasteiger partial charge in [-0.25, -0.2) is 4.39 Å². The Kier molecular flexibility index (Phi) is 3.34. The molecule has 1 aromatic rings. The quantitative estimate of drug-likeness (QED) is 0.731. The van der Waals surface area contributed by atoms with Crippen LogP contribution in [0.4, 0.5) is 4.39 Å². The molecule has 0 aliphatic carbocycles. The first-order valence-corrected chi connectivity index (χ1v) is 5.59. The third-order valence-corrected chi connectivity index (χ3v) is 3.26. The lowest BCUT2D eigenvalue weighted by Crippen LogP contribution is -2.17. The molecule has 1 aromatic carbocycles. The average Bonchev–Trinajstić information content (AvgIpc) is 2.75. The van der Waals surface area contributed by atoms with Crippen molar-refractivity contribution in [2.45, 2.75) is 12.6 Å². The van der Waals surface area contributed by atoms with E-state index in [1.165, 1.54) is 0 Å². The second-order valence-corrected chi connectivity index (χ2v) is 4.46. The first kappa shape index (κ1) is 11.3. The zero-order valence-electron chi connectivity index (χ0n) is 9.40. The second kappa shape index (κ2) is 4.74. The van der Waals surface area contributed by atoms with Gasteiger partial charge in [-0.15, -0.1) is 0 Å². The first-order chi connectivity index (χ1) is 7.72. The van der Waals surface area contributed by atoms with Gasteiger partial charge < -0.3 is 4.90 Å². The first-order valence-electron chi connectivity index (χ1n) is 5.59. The normalized spacial score (nSPS) is 23.2. The number of likely N-dealkylation sites (tertiary alicyclic amines) is 1. The van der Waals surface area contributed by atoms with Crippen molar-refractivity contribution in [1.82, 2.24) is 4.90 Å². The van der Waals surface area contributed by atoms with Crippen molar-refractivity contribution in [3.63, 3.8) is 0 Å². The molecular formula is C13H16FNO. The maximum absolute atomic E-state index is 14.3. The fraction of sp³-hybridized carbons (Fsp3) is 0.462. The van der Waals surface area contributed by atoms with Gasteiger partial charge in [-0.2, -0.15) is 0 Å². The molecule has 1 aliphatic heterocycles. The molecule has 0 bridgehead atoms. The van der Waals surface area contributed by atoms with Gasteiger partial charge in [-0.3, -0.25) is 4.79 Å². The summed E-state index contributed by atoms with van der Waals surface area (Å²) >= 11 is 0. The molecule has 2 nitrogen and oxygen atoms in total. The Morgan fingerprint density at radius 2 is 2.25 bits per heavy atom. The number of carbonyl (C=O) groups is 1. The molecule has 86 valence electrons. The Morgan fingerprint density at radius 3 is 2.88 bits per heavy atom. The van der Waals surface area contributed by atoms with Crippen LogP contribution in [0, 0.1) is 5.92 Å². The highest BCUT2D eigenvalue weighted by molar-refractivity contribution is 5.77. The fourth-order valence-corrected chi connectivity index (χ4v) is 2.33. The molecule has 1 heterocycles. The van der Waals surface area contributed by atoms with Crippen molar-refractivity contribution in [2.24, 2.45) is 5.92 Å². The predicted molar refractivity (Wildman–Crippen MR) is 61.3 cm³/mol. The van der Waals surface area contributed by atoms with Crippen LogP contribution in [0.1, 0.15) is 28.5 Å². The summed E-state index contributed by atoms with van der Waals surface area (Å²) in [6, 6.07) is 6.94. The van der Waals surface area contributed by atoms with Crippen LogP contribution in [0.15, 0.2) is 24.3 Å². The van der Waals surface area contributed by atoms with Gasteiger partial charge in [-0.05, 0) is 25.6 Å². The number of hydrogen-bond donors (Lipinski definition) is 0. The van der Waals surface area contributed by atoms with Gasteiger partial charge in [0.2, 0.25) is 0 Å². The van der Waals surface area contributed by atoms with Crippen LogP contribution in [-0.4, -0.2) is 31.3 Å². The minimum Gasteiger partial charge on any atom is -0.306 e. The number of rotatable bonds is 3. The van der Waals surface area contributed by atoms with E-state index < -0.39 is 6.17 Å². The van der Waals surface area contributed by atoms with E-state index in [0.29, 0.717) is 11.1 Å². The maximum Gasteiger partial charge on any atom is 0.150 e. The molecule has 1 aliphatic rings. The van der Waals surface area contributed by atoms with E-state index in [0.717, 1.165) is 25.8 Å². The SMILES string of the molecule is CN1CCC(C(F)c2ccccc2C=O)C1. The largest absolute Gasteiger partial charge is 0.306 e. The van der Waals surface area contributed by atoms with Crippen LogP contribution in [0.2, 0.25) is 0 Å². The lowest BCUT2D eigenvalue weighted by molar-refractivity contribution is 0.111. The average molecular weight is 221 g/mol. The van der Waals surface area contributed by atoms with Crippen molar-refractivity contribution in [3.8, 4) is 0 Å². The zero-order valence-corrected chi connectivity index (χ0v) is 9.40. The second-order valence-electron chi connectivity index (χ2n) is 4.46. The lowest BCUT2D eigenvalue weighted by atomic mass is 9.93. The Hall–Kier alpha value is -1.22. The molecule has 2 atom stereocenters. The monoisotopic (exact) mass is 221 g/mol. The summed E-state index contributed by atoms with van der Waals surface area (Å²) < 4.78 is 14.3. The molecule has 1 fully saturated rings. The van der Waals surface area contributed by atoms with Gasteiger partial charge in [0.25, 0.3) is 0 Å². The van der Waals surface area contributed by atoms with E-state index in [1.54, 1.807) is 24.3 Å². The fourth-order valence-electron chi connectivity index (χ4n) is 2.33. The third kappa shape index (κ3) is 2.14. The van der Waals surface area contributed by atoms with E-state index in [2.05, 4.69) is 4.90 Å². The highest BCUT2D eigenvalue weighted by Gasteiger charge is 2.29. The Labute approximate surface area is 95.1 Å². The van der Waals surface area contributed by atoms with E-state index >= 15 is 0 Å². The summed E-state index contributed by atoms with van der Waals surface area (Å²) in [6.45, 7) is 1.71. The van der Waals surface area contributed by atoms with Crippen LogP contribution in [0.3, 0.4) is 0 Å². The van der Waals surface area contributed by atoms with Crippen molar-refractivity contribution in [3.05, 3.63) is 35.4 Å². The number of halogens is 1. The summed E-state index contributed by atoms with van der Waals surface area (Å²) in [5.74, 6) is 0.0195.